The summed E-state index contributed by atoms with van der Waals surface area (Å²) in [5.41, 5.74) is 0.831. The van der Waals surface area contributed by atoms with Crippen LogP contribution in [0.3, 0.4) is 0 Å². The molecule has 0 bridgehead atoms. The fourth-order valence-electron chi connectivity index (χ4n) is 2.35. The van der Waals surface area contributed by atoms with Crippen LogP contribution in [0.5, 0.6) is 5.75 Å². The number of nitrogens with one attached hydrogen (secondary N) is 2. The molecule has 2 rings (SSSR count). The Balaban J connectivity index is 1.77. The maximum atomic E-state index is 13.5. The zero-order valence-electron chi connectivity index (χ0n) is 15.1. The highest BCUT2D eigenvalue weighted by molar-refractivity contribution is 5.79. The molecule has 0 aromatic heterocycles. The Bertz CT molecular complexity index is 754. The molecule has 5 nitrogen and oxygen atoms in total. The van der Waals surface area contributed by atoms with Gasteiger partial charge in [-0.25, -0.2) is 13.2 Å². The second-order valence-electron chi connectivity index (χ2n) is 5.58. The first-order valence-electron chi connectivity index (χ1n) is 8.34. The number of aliphatic imine (C=N–C) groups is 1. The molecular weight excluding hydrogens is 359 g/mol. The van der Waals surface area contributed by atoms with Crippen molar-refractivity contribution in [2.45, 2.75) is 6.10 Å². The molecule has 0 aliphatic carbocycles. The van der Waals surface area contributed by atoms with E-state index in [0.717, 1.165) is 17.7 Å². The Kier molecular flexibility index (Phi) is 7.94. The number of rotatable bonds is 8. The van der Waals surface area contributed by atoms with Gasteiger partial charge in [-0.2, -0.15) is 0 Å². The average Bonchev–Trinajstić information content (AvgIpc) is 2.66. The number of benzene rings is 2. The van der Waals surface area contributed by atoms with Crippen molar-refractivity contribution in [3.8, 4) is 5.75 Å². The molecule has 0 heterocycles. The molecule has 0 amide bonds. The molecule has 2 N–H and O–H groups in total. The van der Waals surface area contributed by atoms with Crippen molar-refractivity contribution in [3.05, 3.63) is 65.5 Å². The molecule has 146 valence electrons. The summed E-state index contributed by atoms with van der Waals surface area (Å²) in [6.45, 7) is 0.925. The Hall–Kier alpha value is -2.74. The van der Waals surface area contributed by atoms with E-state index in [1.807, 2.05) is 0 Å². The molecular formula is C19H22F3N3O2. The Labute approximate surface area is 156 Å². The summed E-state index contributed by atoms with van der Waals surface area (Å²) in [6.07, 6.45) is -0.284. The Morgan fingerprint density at radius 2 is 1.74 bits per heavy atom. The van der Waals surface area contributed by atoms with Crippen LogP contribution >= 0.6 is 0 Å². The predicted octanol–water partition coefficient (Wildman–Crippen LogP) is 3.04. The van der Waals surface area contributed by atoms with Crippen LogP contribution in [0.15, 0.2) is 47.5 Å². The first kappa shape index (κ1) is 20.6. The largest absolute Gasteiger partial charge is 0.489 e. The fraction of sp³-hybridized carbons (Fsp3) is 0.316. The van der Waals surface area contributed by atoms with Gasteiger partial charge in [0.25, 0.3) is 0 Å². The molecule has 2 aromatic rings. The van der Waals surface area contributed by atoms with Crippen LogP contribution in [0.1, 0.15) is 11.7 Å². The summed E-state index contributed by atoms with van der Waals surface area (Å²) in [4.78, 5) is 4.08. The summed E-state index contributed by atoms with van der Waals surface area (Å²) in [5.74, 6) is -1.23. The number of guanidine groups is 1. The lowest BCUT2D eigenvalue weighted by Crippen LogP contribution is -2.41. The van der Waals surface area contributed by atoms with E-state index in [-0.39, 0.29) is 24.3 Å². The molecule has 0 saturated carbocycles. The molecule has 1 atom stereocenters. The average molecular weight is 381 g/mol. The van der Waals surface area contributed by atoms with Crippen LogP contribution in [0, 0.1) is 17.5 Å². The van der Waals surface area contributed by atoms with E-state index in [1.165, 1.54) is 18.2 Å². The SMILES string of the molecule is CN=C(NCCOc1ccc(F)cc1F)NCC(OC)c1ccc(F)cc1. The van der Waals surface area contributed by atoms with Crippen LogP contribution in [0.2, 0.25) is 0 Å². The van der Waals surface area contributed by atoms with Crippen molar-refractivity contribution >= 4 is 5.96 Å². The van der Waals surface area contributed by atoms with Crippen molar-refractivity contribution < 1.29 is 22.6 Å². The number of methoxy groups -OCH3 is 1. The van der Waals surface area contributed by atoms with Gasteiger partial charge in [-0.15, -0.1) is 0 Å². The highest BCUT2D eigenvalue weighted by Crippen LogP contribution is 2.17. The first-order chi connectivity index (χ1) is 13.0. The first-order valence-corrected chi connectivity index (χ1v) is 8.34. The van der Waals surface area contributed by atoms with Gasteiger partial charge in [-0.1, -0.05) is 12.1 Å². The lowest BCUT2D eigenvalue weighted by atomic mass is 10.1. The molecule has 0 aliphatic rings. The lowest BCUT2D eigenvalue weighted by Gasteiger charge is -2.19. The van der Waals surface area contributed by atoms with Crippen molar-refractivity contribution in [1.82, 2.24) is 10.6 Å². The van der Waals surface area contributed by atoms with Gasteiger partial charge < -0.3 is 20.1 Å². The maximum absolute atomic E-state index is 13.5. The minimum atomic E-state index is -0.750. The van der Waals surface area contributed by atoms with Crippen molar-refractivity contribution in [1.29, 1.82) is 0 Å². The molecule has 2 aromatic carbocycles. The zero-order chi connectivity index (χ0) is 19.6. The van der Waals surface area contributed by atoms with E-state index < -0.39 is 11.6 Å². The number of halogens is 3. The van der Waals surface area contributed by atoms with Gasteiger partial charge in [0.2, 0.25) is 0 Å². The second kappa shape index (κ2) is 10.4. The van der Waals surface area contributed by atoms with Crippen molar-refractivity contribution in [2.24, 2.45) is 4.99 Å². The van der Waals surface area contributed by atoms with E-state index in [2.05, 4.69) is 15.6 Å². The van der Waals surface area contributed by atoms with Crippen LogP contribution < -0.4 is 15.4 Å². The number of hydrogen-bond acceptors (Lipinski definition) is 3. The molecule has 0 radical (unpaired) electrons. The summed E-state index contributed by atoms with van der Waals surface area (Å²) in [5, 5.41) is 6.10. The van der Waals surface area contributed by atoms with E-state index in [1.54, 1.807) is 26.3 Å². The fourth-order valence-corrected chi connectivity index (χ4v) is 2.35. The summed E-state index contributed by atoms with van der Waals surface area (Å²) in [6, 6.07) is 9.21. The van der Waals surface area contributed by atoms with E-state index in [0.29, 0.717) is 19.0 Å². The maximum Gasteiger partial charge on any atom is 0.191 e. The van der Waals surface area contributed by atoms with Crippen molar-refractivity contribution in [2.75, 3.05) is 33.9 Å². The molecule has 8 heteroatoms. The Morgan fingerprint density at radius 1 is 1.04 bits per heavy atom. The Morgan fingerprint density at radius 3 is 2.37 bits per heavy atom. The third kappa shape index (κ3) is 6.49. The van der Waals surface area contributed by atoms with E-state index >= 15 is 0 Å². The monoisotopic (exact) mass is 381 g/mol. The zero-order valence-corrected chi connectivity index (χ0v) is 15.1. The second-order valence-corrected chi connectivity index (χ2v) is 5.58. The minimum absolute atomic E-state index is 0.0168. The van der Waals surface area contributed by atoms with Gasteiger partial charge in [0, 0.05) is 26.8 Å². The van der Waals surface area contributed by atoms with E-state index in [4.69, 9.17) is 9.47 Å². The summed E-state index contributed by atoms with van der Waals surface area (Å²) in [7, 11) is 3.17. The molecule has 0 spiro atoms. The number of hydrogen-bond donors (Lipinski definition) is 2. The van der Waals surface area contributed by atoms with Gasteiger partial charge in [-0.3, -0.25) is 4.99 Å². The third-order valence-electron chi connectivity index (χ3n) is 3.75. The van der Waals surface area contributed by atoms with Gasteiger partial charge in [0.05, 0.1) is 12.6 Å². The highest BCUT2D eigenvalue weighted by Gasteiger charge is 2.11. The number of nitrogens with zero attached hydrogens (tertiary/aromatic N) is 1. The quantitative estimate of drug-likeness (QED) is 0.419. The third-order valence-corrected chi connectivity index (χ3v) is 3.75. The molecule has 0 fully saturated rings. The smallest absolute Gasteiger partial charge is 0.191 e. The lowest BCUT2D eigenvalue weighted by molar-refractivity contribution is 0.106. The molecule has 0 saturated heterocycles. The van der Waals surface area contributed by atoms with Crippen LogP contribution in [-0.2, 0) is 4.74 Å². The van der Waals surface area contributed by atoms with Crippen LogP contribution in [-0.4, -0.2) is 39.8 Å². The molecule has 1 unspecified atom stereocenters. The molecule has 0 aliphatic heterocycles. The van der Waals surface area contributed by atoms with Gasteiger partial charge >= 0.3 is 0 Å². The summed E-state index contributed by atoms with van der Waals surface area (Å²) >= 11 is 0. The highest BCUT2D eigenvalue weighted by atomic mass is 19.1. The topological polar surface area (TPSA) is 54.9 Å². The van der Waals surface area contributed by atoms with Gasteiger partial charge in [0.1, 0.15) is 18.2 Å². The van der Waals surface area contributed by atoms with Crippen LogP contribution in [0.4, 0.5) is 13.2 Å². The van der Waals surface area contributed by atoms with Crippen LogP contribution in [0.25, 0.3) is 0 Å². The van der Waals surface area contributed by atoms with Gasteiger partial charge in [0.15, 0.2) is 17.5 Å². The predicted molar refractivity (Wildman–Crippen MR) is 97.4 cm³/mol. The minimum Gasteiger partial charge on any atom is -0.489 e. The van der Waals surface area contributed by atoms with Crippen molar-refractivity contribution in [3.63, 3.8) is 0 Å². The van der Waals surface area contributed by atoms with E-state index in [9.17, 15) is 13.2 Å². The normalized spacial score (nSPS) is 12.6. The standard InChI is InChI=1S/C19H22F3N3O2/c1-23-19(24-9-10-27-17-8-7-15(21)11-16(17)22)25-12-18(26-2)13-3-5-14(20)6-4-13/h3-8,11,18H,9-10,12H2,1-2H3,(H2,23,24,25). The van der Waals surface area contributed by atoms with Gasteiger partial charge in [-0.05, 0) is 29.8 Å². The summed E-state index contributed by atoms with van der Waals surface area (Å²) < 4.78 is 50.0. The molecule has 27 heavy (non-hydrogen) atoms. The number of ether oxygens (including phenoxy) is 2.